The Morgan fingerprint density at radius 1 is 1.28 bits per heavy atom. The molecule has 0 saturated heterocycles. The van der Waals surface area contributed by atoms with Crippen molar-refractivity contribution in [1.82, 2.24) is 0 Å². The van der Waals surface area contributed by atoms with Crippen LogP contribution in [0.15, 0.2) is 61.2 Å². The molecule has 156 valence electrons. The largest absolute Gasteiger partial charge is 0.461 e. The van der Waals surface area contributed by atoms with Crippen molar-refractivity contribution in [2.75, 3.05) is 6.61 Å². The SMILES string of the molecule is C=CC(C)CC/C=C/CC(C#N)CC(C)(CC)C(=O)OC/C=C/c1ccccc1. The zero-order valence-corrected chi connectivity index (χ0v) is 18.1. The van der Waals surface area contributed by atoms with E-state index in [1.54, 1.807) is 0 Å². The van der Waals surface area contributed by atoms with Crippen LogP contribution in [0.25, 0.3) is 6.08 Å². The summed E-state index contributed by atoms with van der Waals surface area (Å²) in [6, 6.07) is 12.3. The second kappa shape index (κ2) is 13.6. The molecule has 0 fully saturated rings. The number of benzene rings is 1. The highest BCUT2D eigenvalue weighted by molar-refractivity contribution is 5.76. The van der Waals surface area contributed by atoms with Crippen molar-refractivity contribution in [2.45, 2.75) is 52.9 Å². The average molecular weight is 394 g/mol. The van der Waals surface area contributed by atoms with Gasteiger partial charge in [0.05, 0.1) is 17.4 Å². The molecule has 0 saturated carbocycles. The summed E-state index contributed by atoms with van der Waals surface area (Å²) < 4.78 is 5.48. The van der Waals surface area contributed by atoms with Crippen LogP contribution in [0.5, 0.6) is 0 Å². The molecule has 3 unspecified atom stereocenters. The van der Waals surface area contributed by atoms with Crippen LogP contribution in [0.4, 0.5) is 0 Å². The number of nitrogens with zero attached hydrogens (tertiary/aromatic N) is 1. The third-order valence-corrected chi connectivity index (χ3v) is 5.35. The summed E-state index contributed by atoms with van der Waals surface area (Å²) >= 11 is 0. The minimum atomic E-state index is -0.647. The van der Waals surface area contributed by atoms with Gasteiger partial charge in [0, 0.05) is 0 Å². The van der Waals surface area contributed by atoms with Gasteiger partial charge in [-0.15, -0.1) is 6.58 Å². The summed E-state index contributed by atoms with van der Waals surface area (Å²) in [7, 11) is 0. The normalized spacial score (nSPS) is 15.5. The highest BCUT2D eigenvalue weighted by atomic mass is 16.5. The van der Waals surface area contributed by atoms with Gasteiger partial charge < -0.3 is 4.74 Å². The Kier molecular flexibility index (Phi) is 11.4. The predicted molar refractivity (Wildman–Crippen MR) is 121 cm³/mol. The van der Waals surface area contributed by atoms with E-state index >= 15 is 0 Å². The van der Waals surface area contributed by atoms with E-state index in [1.165, 1.54) is 0 Å². The molecular weight excluding hydrogens is 358 g/mol. The molecule has 1 aromatic rings. The molecule has 0 bridgehead atoms. The summed E-state index contributed by atoms with van der Waals surface area (Å²) in [5, 5.41) is 9.53. The molecule has 0 aliphatic carbocycles. The quantitative estimate of drug-likeness (QED) is 0.275. The molecule has 29 heavy (non-hydrogen) atoms. The molecule has 3 nitrogen and oxygen atoms in total. The third kappa shape index (κ3) is 9.43. The standard InChI is InChI=1S/C26H35NO2/c1-5-22(3)14-9-7-12-17-24(21-27)20-26(4,6-2)25(28)29-19-13-18-23-15-10-8-11-16-23/h5,7-8,10-13,15-16,18,22,24H,1,6,9,14,17,19-20H2,2-4H3/b12-7+,18-13+. The molecule has 0 heterocycles. The van der Waals surface area contributed by atoms with Crippen molar-refractivity contribution in [2.24, 2.45) is 17.3 Å². The number of hydrogen-bond donors (Lipinski definition) is 0. The van der Waals surface area contributed by atoms with Crippen LogP contribution in [0.2, 0.25) is 0 Å². The van der Waals surface area contributed by atoms with Gasteiger partial charge in [-0.05, 0) is 56.6 Å². The Hall–Kier alpha value is -2.60. The first kappa shape index (κ1) is 24.4. The number of nitriles is 1. The minimum Gasteiger partial charge on any atom is -0.461 e. The van der Waals surface area contributed by atoms with Gasteiger partial charge in [0.1, 0.15) is 6.61 Å². The second-order valence-corrected chi connectivity index (χ2v) is 7.85. The van der Waals surface area contributed by atoms with Gasteiger partial charge in [-0.25, -0.2) is 0 Å². The first-order valence-electron chi connectivity index (χ1n) is 10.5. The number of rotatable bonds is 13. The Bertz CT molecular complexity index is 714. The fourth-order valence-electron chi connectivity index (χ4n) is 3.00. The van der Waals surface area contributed by atoms with E-state index in [9.17, 15) is 10.1 Å². The average Bonchev–Trinajstić information content (AvgIpc) is 2.75. The summed E-state index contributed by atoms with van der Waals surface area (Å²) in [6.45, 7) is 10.1. The van der Waals surface area contributed by atoms with Crippen molar-refractivity contribution < 1.29 is 9.53 Å². The van der Waals surface area contributed by atoms with Crippen LogP contribution in [0, 0.1) is 28.6 Å². The van der Waals surface area contributed by atoms with Gasteiger partial charge in [-0.2, -0.15) is 5.26 Å². The van der Waals surface area contributed by atoms with Crippen molar-refractivity contribution in [1.29, 1.82) is 5.26 Å². The number of carbonyl (C=O) groups excluding carboxylic acids is 1. The maximum Gasteiger partial charge on any atom is 0.312 e. The zero-order chi connectivity index (χ0) is 21.5. The third-order valence-electron chi connectivity index (χ3n) is 5.35. The zero-order valence-electron chi connectivity index (χ0n) is 18.1. The van der Waals surface area contributed by atoms with Crippen LogP contribution in [-0.2, 0) is 9.53 Å². The summed E-state index contributed by atoms with van der Waals surface area (Å²) in [5.41, 5.74) is 0.423. The van der Waals surface area contributed by atoms with Gasteiger partial charge in [0.25, 0.3) is 0 Å². The summed E-state index contributed by atoms with van der Waals surface area (Å²) in [6.07, 6.45) is 13.8. The Morgan fingerprint density at radius 2 is 2.00 bits per heavy atom. The molecular formula is C26H35NO2. The van der Waals surface area contributed by atoms with E-state index in [0.29, 0.717) is 25.2 Å². The lowest BCUT2D eigenvalue weighted by Gasteiger charge is -2.27. The van der Waals surface area contributed by atoms with Crippen LogP contribution in [-0.4, -0.2) is 12.6 Å². The van der Waals surface area contributed by atoms with E-state index < -0.39 is 5.41 Å². The lowest BCUT2D eigenvalue weighted by molar-refractivity contribution is -0.154. The summed E-state index contributed by atoms with van der Waals surface area (Å²) in [5.74, 6) is 0.0719. The van der Waals surface area contributed by atoms with Crippen LogP contribution in [0.1, 0.15) is 58.4 Å². The molecule has 0 spiro atoms. The number of carbonyl (C=O) groups is 1. The minimum absolute atomic E-state index is 0.194. The molecule has 3 atom stereocenters. The van der Waals surface area contributed by atoms with Gasteiger partial charge in [0.2, 0.25) is 0 Å². The van der Waals surface area contributed by atoms with Crippen molar-refractivity contribution in [3.63, 3.8) is 0 Å². The van der Waals surface area contributed by atoms with Gasteiger partial charge >= 0.3 is 5.97 Å². The Labute approximate surface area is 176 Å². The van der Waals surface area contributed by atoms with Crippen molar-refractivity contribution in [3.05, 3.63) is 66.8 Å². The molecule has 1 rings (SSSR count). The number of allylic oxidation sites excluding steroid dienone is 3. The summed E-state index contributed by atoms with van der Waals surface area (Å²) in [4.78, 5) is 12.7. The number of ether oxygens (including phenoxy) is 1. The van der Waals surface area contributed by atoms with Crippen LogP contribution < -0.4 is 0 Å². The monoisotopic (exact) mass is 393 g/mol. The molecule has 1 aromatic carbocycles. The maximum absolute atomic E-state index is 12.7. The highest BCUT2D eigenvalue weighted by Crippen LogP contribution is 2.32. The molecule has 0 radical (unpaired) electrons. The lowest BCUT2D eigenvalue weighted by Crippen LogP contribution is -2.31. The Balaban J connectivity index is 2.52. The Morgan fingerprint density at radius 3 is 2.62 bits per heavy atom. The number of hydrogen-bond acceptors (Lipinski definition) is 3. The van der Waals surface area contributed by atoms with Gasteiger partial charge in [-0.1, -0.05) is 68.5 Å². The first-order valence-corrected chi connectivity index (χ1v) is 10.5. The van der Waals surface area contributed by atoms with E-state index in [-0.39, 0.29) is 18.5 Å². The van der Waals surface area contributed by atoms with E-state index in [4.69, 9.17) is 4.74 Å². The predicted octanol–water partition coefficient (Wildman–Crippen LogP) is 6.74. The van der Waals surface area contributed by atoms with Crippen molar-refractivity contribution in [3.8, 4) is 6.07 Å². The highest BCUT2D eigenvalue weighted by Gasteiger charge is 2.35. The maximum atomic E-state index is 12.7. The molecule has 0 aromatic heterocycles. The topological polar surface area (TPSA) is 50.1 Å². The molecule has 0 aliphatic heterocycles. The van der Waals surface area contributed by atoms with E-state index in [0.717, 1.165) is 18.4 Å². The van der Waals surface area contributed by atoms with Crippen LogP contribution >= 0.6 is 0 Å². The lowest BCUT2D eigenvalue weighted by atomic mass is 9.78. The van der Waals surface area contributed by atoms with Gasteiger partial charge in [-0.3, -0.25) is 4.79 Å². The first-order chi connectivity index (χ1) is 13.9. The second-order valence-electron chi connectivity index (χ2n) is 7.85. The fraction of sp³-hybridized carbons (Fsp3) is 0.462. The van der Waals surface area contributed by atoms with Crippen molar-refractivity contribution >= 4 is 12.0 Å². The van der Waals surface area contributed by atoms with E-state index in [2.05, 4.69) is 31.7 Å². The molecule has 0 aliphatic rings. The number of esters is 1. The molecule has 0 amide bonds. The van der Waals surface area contributed by atoms with Crippen LogP contribution in [0.3, 0.4) is 0 Å². The van der Waals surface area contributed by atoms with Gasteiger partial charge in [0.15, 0.2) is 0 Å². The van der Waals surface area contributed by atoms with E-state index in [1.807, 2.05) is 62.4 Å². The molecule has 3 heteroatoms. The fourth-order valence-corrected chi connectivity index (χ4v) is 3.00. The molecule has 0 N–H and O–H groups in total. The smallest absolute Gasteiger partial charge is 0.312 e.